The molecule has 18 heavy (non-hydrogen) atoms. The zero-order valence-electron chi connectivity index (χ0n) is 10.9. The van der Waals surface area contributed by atoms with Gasteiger partial charge in [-0.05, 0) is 31.6 Å². The maximum atomic E-state index is 11.8. The van der Waals surface area contributed by atoms with Gasteiger partial charge in [0.1, 0.15) is 5.54 Å². The third-order valence-corrected chi connectivity index (χ3v) is 3.56. The second kappa shape index (κ2) is 5.76. The van der Waals surface area contributed by atoms with E-state index in [1.54, 1.807) is 7.05 Å². The SMILES string of the molecule is C#CCN(C)C(=O)NC1(C(=O)O)CCC(C)CC1. The van der Waals surface area contributed by atoms with Gasteiger partial charge in [-0.3, -0.25) is 0 Å². The van der Waals surface area contributed by atoms with Crippen LogP contribution >= 0.6 is 0 Å². The molecule has 100 valence electrons. The maximum Gasteiger partial charge on any atom is 0.329 e. The van der Waals surface area contributed by atoms with Crippen LogP contribution in [0, 0.1) is 18.3 Å². The van der Waals surface area contributed by atoms with Crippen molar-refractivity contribution in [2.75, 3.05) is 13.6 Å². The summed E-state index contributed by atoms with van der Waals surface area (Å²) >= 11 is 0. The highest BCUT2D eigenvalue weighted by atomic mass is 16.4. The molecule has 0 bridgehead atoms. The molecule has 1 rings (SSSR count). The summed E-state index contributed by atoms with van der Waals surface area (Å²) in [4.78, 5) is 24.6. The Balaban J connectivity index is 2.73. The third-order valence-electron chi connectivity index (χ3n) is 3.56. The minimum Gasteiger partial charge on any atom is -0.480 e. The lowest BCUT2D eigenvalue weighted by atomic mass is 9.77. The van der Waals surface area contributed by atoms with E-state index in [1.807, 2.05) is 0 Å². The second-order valence-corrected chi connectivity index (χ2v) is 5.06. The number of terminal acetylenes is 1. The van der Waals surface area contributed by atoms with Crippen molar-refractivity contribution in [2.45, 2.75) is 38.1 Å². The molecule has 0 heterocycles. The molecule has 5 heteroatoms. The van der Waals surface area contributed by atoms with Crippen LogP contribution in [0.2, 0.25) is 0 Å². The Kier molecular flexibility index (Phi) is 4.60. The van der Waals surface area contributed by atoms with E-state index >= 15 is 0 Å². The summed E-state index contributed by atoms with van der Waals surface area (Å²) in [6.07, 6.45) is 7.69. The zero-order chi connectivity index (χ0) is 13.8. The van der Waals surface area contributed by atoms with E-state index in [1.165, 1.54) is 4.90 Å². The van der Waals surface area contributed by atoms with E-state index < -0.39 is 17.5 Å². The van der Waals surface area contributed by atoms with Crippen LogP contribution in [-0.4, -0.2) is 41.1 Å². The van der Waals surface area contributed by atoms with Crippen LogP contribution in [0.4, 0.5) is 4.79 Å². The van der Waals surface area contributed by atoms with E-state index in [2.05, 4.69) is 18.2 Å². The Morgan fingerprint density at radius 3 is 2.50 bits per heavy atom. The number of nitrogens with one attached hydrogen (secondary N) is 1. The normalized spacial score (nSPS) is 27.1. The van der Waals surface area contributed by atoms with Crippen molar-refractivity contribution in [3.63, 3.8) is 0 Å². The molecule has 0 aromatic carbocycles. The topological polar surface area (TPSA) is 69.6 Å². The molecule has 2 N–H and O–H groups in total. The van der Waals surface area contributed by atoms with Crippen molar-refractivity contribution in [3.05, 3.63) is 0 Å². The van der Waals surface area contributed by atoms with Crippen molar-refractivity contribution >= 4 is 12.0 Å². The van der Waals surface area contributed by atoms with E-state index in [-0.39, 0.29) is 6.54 Å². The Hall–Kier alpha value is -1.70. The average molecular weight is 252 g/mol. The largest absolute Gasteiger partial charge is 0.480 e. The molecule has 1 aliphatic rings. The first-order valence-electron chi connectivity index (χ1n) is 6.11. The van der Waals surface area contributed by atoms with Crippen molar-refractivity contribution in [1.82, 2.24) is 10.2 Å². The van der Waals surface area contributed by atoms with Crippen molar-refractivity contribution in [3.8, 4) is 12.3 Å². The third kappa shape index (κ3) is 3.16. The highest BCUT2D eigenvalue weighted by Gasteiger charge is 2.42. The molecule has 0 saturated heterocycles. The van der Waals surface area contributed by atoms with Gasteiger partial charge < -0.3 is 15.3 Å². The van der Waals surface area contributed by atoms with E-state index in [0.717, 1.165) is 12.8 Å². The second-order valence-electron chi connectivity index (χ2n) is 5.06. The summed E-state index contributed by atoms with van der Waals surface area (Å²) in [5.74, 6) is 1.90. The number of aliphatic carboxylic acids is 1. The molecule has 1 aliphatic carbocycles. The summed E-state index contributed by atoms with van der Waals surface area (Å²) in [5, 5.41) is 12.0. The summed E-state index contributed by atoms with van der Waals surface area (Å²) in [7, 11) is 1.55. The average Bonchev–Trinajstić information content (AvgIpc) is 2.32. The molecule has 0 aromatic heterocycles. The molecule has 2 amide bonds. The van der Waals surface area contributed by atoms with E-state index in [0.29, 0.717) is 18.8 Å². The van der Waals surface area contributed by atoms with Gasteiger partial charge in [-0.1, -0.05) is 12.8 Å². The molecule has 0 aromatic rings. The predicted octanol–water partition coefficient (Wildman–Crippen LogP) is 1.29. The van der Waals surface area contributed by atoms with Gasteiger partial charge in [-0.15, -0.1) is 6.42 Å². The standard InChI is InChI=1S/C13H20N2O3/c1-4-9-15(3)12(18)14-13(11(16)17)7-5-10(2)6-8-13/h1,10H,5-9H2,2-3H3,(H,14,18)(H,16,17). The highest BCUT2D eigenvalue weighted by Crippen LogP contribution is 2.32. The number of carboxylic acids is 1. The summed E-state index contributed by atoms with van der Waals surface area (Å²) in [5.41, 5.74) is -1.13. The fourth-order valence-electron chi connectivity index (χ4n) is 2.16. The molecular weight excluding hydrogens is 232 g/mol. The van der Waals surface area contributed by atoms with Crippen LogP contribution in [-0.2, 0) is 4.79 Å². The van der Waals surface area contributed by atoms with Gasteiger partial charge in [0, 0.05) is 7.05 Å². The van der Waals surface area contributed by atoms with E-state index in [9.17, 15) is 14.7 Å². The van der Waals surface area contributed by atoms with Crippen LogP contribution < -0.4 is 5.32 Å². The smallest absolute Gasteiger partial charge is 0.329 e. The number of nitrogens with zero attached hydrogens (tertiary/aromatic N) is 1. The van der Waals surface area contributed by atoms with Gasteiger partial charge in [-0.2, -0.15) is 0 Å². The fourth-order valence-corrected chi connectivity index (χ4v) is 2.16. The number of carbonyl (C=O) groups excluding carboxylic acids is 1. The first kappa shape index (κ1) is 14.4. The zero-order valence-corrected chi connectivity index (χ0v) is 10.9. The van der Waals surface area contributed by atoms with Crippen LogP contribution in [0.1, 0.15) is 32.6 Å². The van der Waals surface area contributed by atoms with Gasteiger partial charge in [-0.25, -0.2) is 9.59 Å². The summed E-state index contributed by atoms with van der Waals surface area (Å²) < 4.78 is 0. The molecule has 5 nitrogen and oxygen atoms in total. The monoisotopic (exact) mass is 252 g/mol. The molecule has 0 atom stereocenters. The van der Waals surface area contributed by atoms with Crippen LogP contribution in [0.5, 0.6) is 0 Å². The summed E-state index contributed by atoms with van der Waals surface area (Å²) in [6.45, 7) is 2.26. The summed E-state index contributed by atoms with van der Waals surface area (Å²) in [6, 6.07) is -0.426. The molecule has 0 spiro atoms. The molecular formula is C13H20N2O3. The number of amides is 2. The van der Waals surface area contributed by atoms with E-state index in [4.69, 9.17) is 6.42 Å². The lowest BCUT2D eigenvalue weighted by molar-refractivity contribution is -0.146. The Morgan fingerprint density at radius 1 is 1.50 bits per heavy atom. The quantitative estimate of drug-likeness (QED) is 0.744. The Bertz CT molecular complexity index is 365. The molecule has 1 fully saturated rings. The van der Waals surface area contributed by atoms with Crippen LogP contribution in [0.25, 0.3) is 0 Å². The Morgan fingerprint density at radius 2 is 2.06 bits per heavy atom. The van der Waals surface area contributed by atoms with Gasteiger partial charge in [0.15, 0.2) is 0 Å². The Labute approximate surface area is 108 Å². The fraction of sp³-hybridized carbons (Fsp3) is 0.692. The molecule has 0 radical (unpaired) electrons. The molecule has 0 aliphatic heterocycles. The van der Waals surface area contributed by atoms with Crippen molar-refractivity contribution < 1.29 is 14.7 Å². The van der Waals surface area contributed by atoms with Gasteiger partial charge in [0.25, 0.3) is 0 Å². The predicted molar refractivity (Wildman–Crippen MR) is 68.0 cm³/mol. The number of urea groups is 1. The van der Waals surface area contributed by atoms with Gasteiger partial charge in [0.05, 0.1) is 6.54 Å². The first-order valence-corrected chi connectivity index (χ1v) is 6.11. The number of rotatable bonds is 3. The van der Waals surface area contributed by atoms with Crippen molar-refractivity contribution in [2.24, 2.45) is 5.92 Å². The lowest BCUT2D eigenvalue weighted by Crippen LogP contribution is -2.58. The number of carboxylic acid groups (broad SMARTS) is 1. The molecule has 0 unspecified atom stereocenters. The minimum atomic E-state index is -1.13. The maximum absolute atomic E-state index is 11.8. The number of hydrogen-bond acceptors (Lipinski definition) is 2. The lowest BCUT2D eigenvalue weighted by Gasteiger charge is -2.37. The number of hydrogen-bond donors (Lipinski definition) is 2. The van der Waals surface area contributed by atoms with Gasteiger partial charge >= 0.3 is 12.0 Å². The number of carbonyl (C=O) groups is 2. The highest BCUT2D eigenvalue weighted by molar-refractivity contribution is 5.86. The van der Waals surface area contributed by atoms with Crippen LogP contribution in [0.3, 0.4) is 0 Å². The minimum absolute atomic E-state index is 0.165. The first-order chi connectivity index (χ1) is 8.41. The van der Waals surface area contributed by atoms with Crippen molar-refractivity contribution in [1.29, 1.82) is 0 Å². The van der Waals surface area contributed by atoms with Gasteiger partial charge in [0.2, 0.25) is 0 Å². The molecule has 1 saturated carbocycles. The van der Waals surface area contributed by atoms with Crippen LogP contribution in [0.15, 0.2) is 0 Å².